The second-order valence-corrected chi connectivity index (χ2v) is 15.5. The number of para-hydroxylation sites is 2. The average Bonchev–Trinajstić information content (AvgIpc) is 3.54. The van der Waals surface area contributed by atoms with Crippen molar-refractivity contribution in [1.29, 1.82) is 0 Å². The zero-order chi connectivity index (χ0) is 43.4. The Morgan fingerprint density at radius 2 is 1.58 bits per heavy atom. The van der Waals surface area contributed by atoms with Crippen LogP contribution in [0.5, 0.6) is 0 Å². The van der Waals surface area contributed by atoms with Crippen molar-refractivity contribution >= 4 is 40.9 Å². The SMILES string of the molecule is C1=CNc2ccccc2N=C1.NCc1ccc(-c2ccccc2C(=O)Nc2ccc(C(=O)C3Cc4cc(C(F)(F)F)ccc4-c4ccc5c(c43)CCCC5CC(=O)O)cc2)cc1. The second-order valence-electron chi connectivity index (χ2n) is 15.5. The first kappa shape index (κ1) is 41.6. The van der Waals surface area contributed by atoms with Gasteiger partial charge in [-0.2, -0.15) is 13.2 Å². The van der Waals surface area contributed by atoms with Gasteiger partial charge in [-0.25, -0.2) is 0 Å². The number of amides is 1. The predicted octanol–water partition coefficient (Wildman–Crippen LogP) is 11.5. The number of aliphatic carboxylic acids is 1. The summed E-state index contributed by atoms with van der Waals surface area (Å²) in [5.41, 5.74) is 15.3. The van der Waals surface area contributed by atoms with Crippen molar-refractivity contribution in [3.63, 3.8) is 0 Å². The summed E-state index contributed by atoms with van der Waals surface area (Å²) in [6.07, 6.45) is 3.14. The molecule has 2 unspecified atom stereocenters. The molecule has 0 saturated carbocycles. The summed E-state index contributed by atoms with van der Waals surface area (Å²) in [6, 6.07) is 36.8. The molecule has 3 aliphatic rings. The molecule has 0 spiro atoms. The Bertz CT molecular complexity index is 2720. The summed E-state index contributed by atoms with van der Waals surface area (Å²) < 4.78 is 41.3. The number of aliphatic imine (C=N–C) groups is 1. The van der Waals surface area contributed by atoms with Crippen molar-refractivity contribution < 1.29 is 32.7 Å². The van der Waals surface area contributed by atoms with Crippen LogP contribution in [0.25, 0.3) is 22.3 Å². The zero-order valence-electron chi connectivity index (χ0n) is 33.6. The fraction of sp³-hybridized carbons (Fsp3) is 0.176. The number of hydrogen-bond acceptors (Lipinski definition) is 6. The largest absolute Gasteiger partial charge is 0.481 e. The normalized spacial score (nSPS) is 15.9. The highest BCUT2D eigenvalue weighted by molar-refractivity contribution is 6.09. The zero-order valence-corrected chi connectivity index (χ0v) is 33.6. The minimum Gasteiger partial charge on any atom is -0.481 e. The van der Waals surface area contributed by atoms with Crippen LogP contribution in [0.1, 0.15) is 85.2 Å². The van der Waals surface area contributed by atoms with Crippen LogP contribution in [0.2, 0.25) is 0 Å². The molecule has 0 radical (unpaired) electrons. The van der Waals surface area contributed by atoms with Crippen LogP contribution >= 0.6 is 0 Å². The minimum atomic E-state index is -4.54. The first-order valence-corrected chi connectivity index (χ1v) is 20.4. The average molecular weight is 833 g/mol. The topological polar surface area (TPSA) is 134 Å². The van der Waals surface area contributed by atoms with Gasteiger partial charge in [-0.1, -0.05) is 72.8 Å². The number of allylic oxidation sites excluding steroid dienone is 1. The number of carboxylic acid groups (broad SMARTS) is 1. The Kier molecular flexibility index (Phi) is 12.0. The van der Waals surface area contributed by atoms with E-state index in [-0.39, 0.29) is 30.4 Å². The van der Waals surface area contributed by atoms with Gasteiger partial charge in [-0.05, 0) is 142 Å². The number of anilines is 2. The van der Waals surface area contributed by atoms with Crippen LogP contribution < -0.4 is 16.4 Å². The summed E-state index contributed by atoms with van der Waals surface area (Å²) in [4.78, 5) is 43.8. The van der Waals surface area contributed by atoms with E-state index in [1.54, 1.807) is 42.6 Å². The molecule has 2 atom stereocenters. The fourth-order valence-corrected chi connectivity index (χ4v) is 8.71. The van der Waals surface area contributed by atoms with E-state index in [9.17, 15) is 32.7 Å². The summed E-state index contributed by atoms with van der Waals surface area (Å²) in [5.74, 6) is -2.46. The van der Waals surface area contributed by atoms with E-state index in [1.165, 1.54) is 6.07 Å². The highest BCUT2D eigenvalue weighted by atomic mass is 19.4. The highest BCUT2D eigenvalue weighted by Gasteiger charge is 2.38. The summed E-state index contributed by atoms with van der Waals surface area (Å²) in [7, 11) is 0. The molecule has 11 heteroatoms. The third kappa shape index (κ3) is 8.84. The van der Waals surface area contributed by atoms with Crippen molar-refractivity contribution in [3.05, 3.63) is 184 Å². The van der Waals surface area contributed by atoms with Crippen LogP contribution in [0, 0.1) is 0 Å². The number of carbonyl (C=O) groups is 3. The van der Waals surface area contributed by atoms with Gasteiger partial charge in [0.1, 0.15) is 0 Å². The number of nitrogens with two attached hydrogens (primary N) is 1. The first-order valence-electron chi connectivity index (χ1n) is 20.4. The molecule has 0 fully saturated rings. The molecule has 1 heterocycles. The summed E-state index contributed by atoms with van der Waals surface area (Å²) in [6.45, 7) is 0.413. The third-order valence-corrected chi connectivity index (χ3v) is 11.7. The van der Waals surface area contributed by atoms with Crippen LogP contribution in [-0.2, 0) is 30.4 Å². The Morgan fingerprint density at radius 1 is 0.839 bits per heavy atom. The number of nitrogens with one attached hydrogen (secondary N) is 2. The number of carboxylic acids is 1. The molecule has 8 nitrogen and oxygen atoms in total. The number of benzene rings is 6. The number of halogens is 3. The number of nitrogens with zero attached hydrogens (tertiary/aromatic N) is 1. The molecule has 0 aromatic heterocycles. The molecule has 0 saturated heterocycles. The maximum absolute atomic E-state index is 14.4. The van der Waals surface area contributed by atoms with E-state index in [0.717, 1.165) is 63.3 Å². The van der Waals surface area contributed by atoms with E-state index >= 15 is 0 Å². The van der Waals surface area contributed by atoms with E-state index in [4.69, 9.17) is 5.73 Å². The summed E-state index contributed by atoms with van der Waals surface area (Å²) >= 11 is 0. The number of alkyl halides is 3. The lowest BCUT2D eigenvalue weighted by molar-refractivity contribution is -0.138. The molecule has 5 N–H and O–H groups in total. The number of ketones is 1. The van der Waals surface area contributed by atoms with Crippen LogP contribution in [0.3, 0.4) is 0 Å². The predicted molar refractivity (Wildman–Crippen MR) is 237 cm³/mol. The second kappa shape index (κ2) is 17.9. The van der Waals surface area contributed by atoms with Crippen molar-refractivity contribution in [1.82, 2.24) is 0 Å². The molecular formula is C51H43F3N4O4. The van der Waals surface area contributed by atoms with Gasteiger partial charge in [0, 0.05) is 35.8 Å². The molecule has 6 aromatic rings. The van der Waals surface area contributed by atoms with Crippen LogP contribution in [-0.4, -0.2) is 29.0 Å². The molecule has 1 aliphatic heterocycles. The Balaban J connectivity index is 0.000000415. The number of hydrogen-bond donors (Lipinski definition) is 4. The molecule has 6 aromatic carbocycles. The maximum Gasteiger partial charge on any atom is 0.416 e. The molecule has 62 heavy (non-hydrogen) atoms. The Hall–Kier alpha value is -7.11. The molecule has 0 bridgehead atoms. The smallest absolute Gasteiger partial charge is 0.416 e. The highest BCUT2D eigenvalue weighted by Crippen LogP contribution is 2.48. The number of carbonyl (C=O) groups excluding carboxylic acids is 2. The fourth-order valence-electron chi connectivity index (χ4n) is 8.71. The maximum atomic E-state index is 14.4. The minimum absolute atomic E-state index is 0.0336. The van der Waals surface area contributed by atoms with Gasteiger partial charge in [0.2, 0.25) is 0 Å². The number of Topliss-reactive ketones (excluding diaryl/α,β-unsaturated/α-hetero) is 1. The molecule has 2 aliphatic carbocycles. The van der Waals surface area contributed by atoms with E-state index in [1.807, 2.05) is 85.1 Å². The van der Waals surface area contributed by atoms with Gasteiger partial charge in [0.25, 0.3) is 5.91 Å². The third-order valence-electron chi connectivity index (χ3n) is 11.7. The lowest BCUT2D eigenvalue weighted by Gasteiger charge is -2.34. The van der Waals surface area contributed by atoms with Crippen molar-refractivity contribution in [3.8, 4) is 22.3 Å². The lowest BCUT2D eigenvalue weighted by Crippen LogP contribution is -2.25. The van der Waals surface area contributed by atoms with Gasteiger partial charge in [-0.3, -0.25) is 19.4 Å². The quantitative estimate of drug-likeness (QED) is 0.113. The lowest BCUT2D eigenvalue weighted by atomic mass is 9.69. The van der Waals surface area contributed by atoms with Gasteiger partial charge in [0.15, 0.2) is 5.78 Å². The molecular weight excluding hydrogens is 790 g/mol. The Labute approximate surface area is 357 Å². The van der Waals surface area contributed by atoms with Gasteiger partial charge >= 0.3 is 12.1 Å². The van der Waals surface area contributed by atoms with Gasteiger partial charge in [0.05, 0.1) is 29.3 Å². The van der Waals surface area contributed by atoms with Crippen LogP contribution in [0.15, 0.2) is 145 Å². The Morgan fingerprint density at radius 3 is 2.34 bits per heavy atom. The van der Waals surface area contributed by atoms with Gasteiger partial charge < -0.3 is 21.5 Å². The van der Waals surface area contributed by atoms with Crippen molar-refractivity contribution in [2.45, 2.75) is 56.7 Å². The van der Waals surface area contributed by atoms with Crippen molar-refractivity contribution in [2.24, 2.45) is 10.7 Å². The van der Waals surface area contributed by atoms with Crippen molar-refractivity contribution in [2.75, 3.05) is 10.6 Å². The molecule has 1 amide bonds. The summed E-state index contributed by atoms with van der Waals surface area (Å²) in [5, 5.41) is 15.6. The van der Waals surface area contributed by atoms with E-state index in [0.29, 0.717) is 52.9 Å². The number of fused-ring (bicyclic) bond motifs is 6. The monoisotopic (exact) mass is 832 g/mol. The van der Waals surface area contributed by atoms with Crippen LogP contribution in [0.4, 0.5) is 30.2 Å². The van der Waals surface area contributed by atoms with E-state index < -0.39 is 23.6 Å². The number of rotatable bonds is 8. The molecule has 312 valence electrons. The first-order chi connectivity index (χ1) is 30.0. The van der Waals surface area contributed by atoms with Gasteiger partial charge in [-0.15, -0.1) is 0 Å². The molecule has 9 rings (SSSR count). The standard InChI is InChI=1S/C42H35F3N2O4.C9H8N2/c43-42(44,45)29-14-17-33-28(20-29)21-37(39-34-7-3-4-27(22-38(48)49)32(34)18-19-35(33)39)40(50)26-12-15-30(16-13-26)47-41(51)36-6-2-1-5-31(36)25-10-8-24(23-46)9-11-25;1-2-5-9-8(4-1)10-6-3-7-11-9/h1-2,5-6,8-20,27,37H,3-4,7,21-23,46H2,(H,47,51)(H,48,49);1-7,10H. The van der Waals surface area contributed by atoms with E-state index in [2.05, 4.69) is 15.6 Å².